The number of piperazine rings is 1. The first-order valence-electron chi connectivity index (χ1n) is 12.4. The van der Waals surface area contributed by atoms with E-state index in [0.29, 0.717) is 50.5 Å². The lowest BCUT2D eigenvalue weighted by atomic mass is 10.2. The summed E-state index contributed by atoms with van der Waals surface area (Å²) in [5.41, 5.74) is 3.46. The van der Waals surface area contributed by atoms with Crippen molar-refractivity contribution in [1.29, 1.82) is 0 Å². The third-order valence-corrected chi connectivity index (χ3v) is 8.80. The zero-order chi connectivity index (χ0) is 26.0. The first-order chi connectivity index (χ1) is 17.9. The van der Waals surface area contributed by atoms with Crippen molar-refractivity contribution in [3.63, 3.8) is 0 Å². The largest absolute Gasteiger partial charge is 0.495 e. The number of fused-ring (bicyclic) bond motifs is 1. The van der Waals surface area contributed by atoms with Crippen LogP contribution in [0.25, 0.3) is 0 Å². The average Bonchev–Trinajstić information content (AvgIpc) is 3.37. The van der Waals surface area contributed by atoms with Gasteiger partial charge in [-0.15, -0.1) is 0 Å². The molecule has 2 heterocycles. The van der Waals surface area contributed by atoms with Gasteiger partial charge < -0.3 is 19.3 Å². The van der Waals surface area contributed by atoms with Gasteiger partial charge in [-0.25, -0.2) is 8.42 Å². The maximum absolute atomic E-state index is 13.3. The zero-order valence-corrected chi connectivity index (χ0v) is 21.9. The van der Waals surface area contributed by atoms with Crippen LogP contribution < -0.4 is 18.7 Å². The number of para-hydroxylation sites is 3. The highest BCUT2D eigenvalue weighted by atomic mass is 32.2. The lowest BCUT2D eigenvalue weighted by Gasteiger charge is -2.36. The summed E-state index contributed by atoms with van der Waals surface area (Å²) in [7, 11) is -2.03. The van der Waals surface area contributed by atoms with Gasteiger partial charge in [0.25, 0.3) is 15.9 Å². The van der Waals surface area contributed by atoms with Gasteiger partial charge in [-0.2, -0.15) is 0 Å². The molecule has 0 saturated carbocycles. The van der Waals surface area contributed by atoms with Crippen molar-refractivity contribution in [2.45, 2.75) is 18.2 Å². The molecule has 8 nitrogen and oxygen atoms in total. The first-order valence-corrected chi connectivity index (χ1v) is 13.8. The Bertz CT molecular complexity index is 1400. The van der Waals surface area contributed by atoms with E-state index < -0.39 is 10.0 Å². The minimum atomic E-state index is -3.68. The van der Waals surface area contributed by atoms with E-state index in [4.69, 9.17) is 9.47 Å². The van der Waals surface area contributed by atoms with Gasteiger partial charge in [0, 0.05) is 32.7 Å². The number of nitrogens with zero attached hydrogens (tertiary/aromatic N) is 3. The Hall–Kier alpha value is -3.72. The second kappa shape index (κ2) is 10.3. The molecule has 0 spiro atoms. The van der Waals surface area contributed by atoms with Gasteiger partial charge in [-0.1, -0.05) is 30.3 Å². The Morgan fingerprint density at radius 2 is 1.57 bits per heavy atom. The molecule has 0 N–H and O–H groups in total. The molecule has 9 heteroatoms. The molecule has 3 aromatic rings. The number of aryl methyl sites for hydroxylation is 1. The van der Waals surface area contributed by atoms with Gasteiger partial charge in [-0.3, -0.25) is 9.10 Å². The maximum atomic E-state index is 13.3. The summed E-state index contributed by atoms with van der Waals surface area (Å²) in [5, 5.41) is 0. The van der Waals surface area contributed by atoms with Gasteiger partial charge in [0.1, 0.15) is 11.5 Å². The van der Waals surface area contributed by atoms with Gasteiger partial charge >= 0.3 is 0 Å². The highest BCUT2D eigenvalue weighted by molar-refractivity contribution is 7.92. The Morgan fingerprint density at radius 3 is 2.30 bits per heavy atom. The van der Waals surface area contributed by atoms with Crippen molar-refractivity contribution in [1.82, 2.24) is 4.90 Å². The van der Waals surface area contributed by atoms with Crippen LogP contribution in [0.2, 0.25) is 0 Å². The van der Waals surface area contributed by atoms with E-state index in [-0.39, 0.29) is 17.4 Å². The van der Waals surface area contributed by atoms with Crippen molar-refractivity contribution < 1.29 is 22.7 Å². The van der Waals surface area contributed by atoms with Crippen molar-refractivity contribution >= 4 is 27.3 Å². The van der Waals surface area contributed by atoms with Crippen LogP contribution in [0.5, 0.6) is 11.5 Å². The number of carbonyl (C=O) groups is 1. The fourth-order valence-corrected chi connectivity index (χ4v) is 6.54. The number of carbonyl (C=O) groups excluding carboxylic acids is 1. The second-order valence-corrected chi connectivity index (χ2v) is 11.1. The van der Waals surface area contributed by atoms with E-state index in [9.17, 15) is 13.2 Å². The Kier molecular flexibility index (Phi) is 6.97. The lowest BCUT2D eigenvalue weighted by Crippen LogP contribution is -2.50. The minimum absolute atomic E-state index is 0.0931. The summed E-state index contributed by atoms with van der Waals surface area (Å²) in [6.07, 6.45) is 0.699. The number of amides is 1. The fourth-order valence-electron chi connectivity index (χ4n) is 4.95. The molecule has 2 aliphatic rings. The van der Waals surface area contributed by atoms with Gasteiger partial charge in [0.2, 0.25) is 0 Å². The highest BCUT2D eigenvalue weighted by Crippen LogP contribution is 2.34. The molecular formula is C28H31N3O5S. The van der Waals surface area contributed by atoms with E-state index in [1.54, 1.807) is 37.1 Å². The predicted molar refractivity (Wildman–Crippen MR) is 143 cm³/mol. The number of hydrogen-bond acceptors (Lipinski definition) is 6. The summed E-state index contributed by atoms with van der Waals surface area (Å²) in [5.74, 6) is 1.23. The number of rotatable bonds is 7. The van der Waals surface area contributed by atoms with Gasteiger partial charge in [-0.05, 0) is 60.9 Å². The smallest absolute Gasteiger partial charge is 0.264 e. The number of hydrogen-bond donors (Lipinski definition) is 0. The summed E-state index contributed by atoms with van der Waals surface area (Å²) >= 11 is 0. The maximum Gasteiger partial charge on any atom is 0.264 e. The number of ether oxygens (including phenoxy) is 2. The third kappa shape index (κ3) is 4.96. The van der Waals surface area contributed by atoms with Crippen molar-refractivity contribution in [3.05, 3.63) is 77.9 Å². The van der Waals surface area contributed by atoms with Gasteiger partial charge in [0.05, 0.1) is 23.4 Å². The van der Waals surface area contributed by atoms with E-state index in [0.717, 1.165) is 22.7 Å². The molecule has 0 bridgehead atoms. The zero-order valence-electron chi connectivity index (χ0n) is 21.1. The molecule has 37 heavy (non-hydrogen) atoms. The predicted octanol–water partition coefficient (Wildman–Crippen LogP) is 3.48. The van der Waals surface area contributed by atoms with Crippen LogP contribution in [0, 0.1) is 6.92 Å². The summed E-state index contributed by atoms with van der Waals surface area (Å²) < 4.78 is 39.4. The molecular weight excluding hydrogens is 490 g/mol. The molecule has 3 aromatic carbocycles. The monoisotopic (exact) mass is 521 g/mol. The molecule has 0 aliphatic carbocycles. The van der Waals surface area contributed by atoms with E-state index >= 15 is 0 Å². The molecule has 0 aromatic heterocycles. The lowest BCUT2D eigenvalue weighted by molar-refractivity contribution is -0.133. The van der Waals surface area contributed by atoms with Crippen molar-refractivity contribution in [3.8, 4) is 11.5 Å². The standard InChI is InChI=1S/C28H31N3O5S/c1-21-19-23(37(33,34)31-14-13-22-7-3-4-8-24(22)31)11-12-26(21)36-20-28(32)30-17-15-29(16-18-30)25-9-5-6-10-27(25)35-2/h3-12,19H,13-18,20H2,1-2H3. The third-order valence-electron chi connectivity index (χ3n) is 6.99. The van der Waals surface area contributed by atoms with Crippen LogP contribution in [-0.4, -0.2) is 65.7 Å². The SMILES string of the molecule is COc1ccccc1N1CCN(C(=O)COc2ccc(S(=O)(=O)N3CCc4ccccc43)cc2C)CC1. The minimum Gasteiger partial charge on any atom is -0.495 e. The average molecular weight is 522 g/mol. The molecule has 0 unspecified atom stereocenters. The molecule has 0 radical (unpaired) electrons. The van der Waals surface area contributed by atoms with Crippen LogP contribution in [-0.2, 0) is 21.2 Å². The number of anilines is 2. The van der Waals surface area contributed by atoms with Gasteiger partial charge in [0.15, 0.2) is 6.61 Å². The van der Waals surface area contributed by atoms with Crippen LogP contribution >= 0.6 is 0 Å². The summed E-state index contributed by atoms with van der Waals surface area (Å²) in [6, 6.07) is 20.2. The molecule has 5 rings (SSSR count). The topological polar surface area (TPSA) is 79.4 Å². The van der Waals surface area contributed by atoms with Crippen LogP contribution in [0.3, 0.4) is 0 Å². The molecule has 2 aliphatic heterocycles. The highest BCUT2D eigenvalue weighted by Gasteiger charge is 2.31. The van der Waals surface area contributed by atoms with Crippen LogP contribution in [0.1, 0.15) is 11.1 Å². The van der Waals surface area contributed by atoms with E-state index in [1.807, 2.05) is 48.5 Å². The van der Waals surface area contributed by atoms with E-state index in [2.05, 4.69) is 4.90 Å². The number of sulfonamides is 1. The molecule has 0 atom stereocenters. The Morgan fingerprint density at radius 1 is 0.865 bits per heavy atom. The molecule has 1 fully saturated rings. The van der Waals surface area contributed by atoms with Crippen LogP contribution in [0.15, 0.2) is 71.6 Å². The Balaban J connectivity index is 1.19. The summed E-state index contributed by atoms with van der Waals surface area (Å²) in [4.78, 5) is 17.0. The molecule has 1 amide bonds. The molecule has 194 valence electrons. The first kappa shape index (κ1) is 25.0. The fraction of sp³-hybridized carbons (Fsp3) is 0.321. The molecule has 1 saturated heterocycles. The quantitative estimate of drug-likeness (QED) is 0.474. The number of benzene rings is 3. The normalized spacial score (nSPS) is 15.5. The Labute approximate surface area is 218 Å². The van der Waals surface area contributed by atoms with Crippen molar-refractivity contribution in [2.75, 3.05) is 55.6 Å². The van der Waals surface area contributed by atoms with E-state index in [1.165, 1.54) is 4.31 Å². The summed E-state index contributed by atoms with van der Waals surface area (Å²) in [6.45, 7) is 4.72. The van der Waals surface area contributed by atoms with Crippen LogP contribution in [0.4, 0.5) is 11.4 Å². The second-order valence-electron chi connectivity index (χ2n) is 9.21. The van der Waals surface area contributed by atoms with Crippen molar-refractivity contribution in [2.24, 2.45) is 0 Å². The number of methoxy groups -OCH3 is 1.